The van der Waals surface area contributed by atoms with Crippen LogP contribution < -0.4 is 15.6 Å². The van der Waals surface area contributed by atoms with Crippen molar-refractivity contribution in [1.82, 2.24) is 4.57 Å². The van der Waals surface area contributed by atoms with Crippen molar-refractivity contribution in [3.63, 3.8) is 0 Å². The predicted molar refractivity (Wildman–Crippen MR) is 139 cm³/mol. The van der Waals surface area contributed by atoms with E-state index in [-0.39, 0.29) is 39.4 Å². The lowest BCUT2D eigenvalue weighted by Crippen LogP contribution is -2.27. The zero-order valence-electron chi connectivity index (χ0n) is 19.6. The molecule has 0 spiro atoms. The first-order valence-electron chi connectivity index (χ1n) is 11.0. The fraction of sp³-hybridized carbons (Fsp3) is 0.0800. The zero-order chi connectivity index (χ0) is 27.4. The van der Waals surface area contributed by atoms with E-state index in [1.165, 1.54) is 48.5 Å². The van der Waals surface area contributed by atoms with Crippen molar-refractivity contribution in [2.75, 3.05) is 16.3 Å². The van der Waals surface area contributed by atoms with Crippen molar-refractivity contribution in [3.8, 4) is 5.75 Å². The van der Waals surface area contributed by atoms with E-state index in [4.69, 9.17) is 0 Å². The summed E-state index contributed by atoms with van der Waals surface area (Å²) in [4.78, 5) is 13.4. The number of pyridine rings is 1. The summed E-state index contributed by atoms with van der Waals surface area (Å²) >= 11 is 0. The first-order valence-corrected chi connectivity index (χ1v) is 14.4. The summed E-state index contributed by atoms with van der Waals surface area (Å²) in [6.07, 6.45) is 0.916. The highest BCUT2D eigenvalue weighted by atomic mass is 32.2. The second-order valence-corrected chi connectivity index (χ2v) is 12.2. The number of aromatic nitrogens is 1. The van der Waals surface area contributed by atoms with Crippen molar-refractivity contribution in [3.05, 3.63) is 99.2 Å². The van der Waals surface area contributed by atoms with E-state index in [1.54, 1.807) is 0 Å². The minimum absolute atomic E-state index is 0.0131. The average molecular weight is 560 g/mol. The number of sulfonamides is 1. The van der Waals surface area contributed by atoms with Gasteiger partial charge in [-0.2, -0.15) is 0 Å². The Hall–Kier alpha value is -4.23. The summed E-state index contributed by atoms with van der Waals surface area (Å²) in [7, 11) is -7.90. The molecule has 0 saturated carbocycles. The molecule has 0 radical (unpaired) electrons. The minimum atomic E-state index is -4.22. The number of fused-ring (bicyclic) bond motifs is 2. The van der Waals surface area contributed by atoms with E-state index in [9.17, 15) is 35.5 Å². The van der Waals surface area contributed by atoms with Crippen molar-refractivity contribution in [2.24, 2.45) is 0 Å². The highest BCUT2D eigenvalue weighted by Crippen LogP contribution is 2.38. The molecule has 0 fully saturated rings. The monoisotopic (exact) mass is 559 g/mol. The van der Waals surface area contributed by atoms with Gasteiger partial charge in [0.2, 0.25) is 19.9 Å². The van der Waals surface area contributed by atoms with Gasteiger partial charge in [0.05, 0.1) is 40.0 Å². The number of nitrogens with one attached hydrogen (secondary N) is 2. The molecule has 1 aromatic heterocycles. The lowest BCUT2D eigenvalue weighted by atomic mass is 10.1. The molecule has 4 aromatic rings. The SMILES string of the molecule is CS(=O)(=O)Nc1ccc2c(c1)S(=O)(=O)C=C(c1c(O)c3cccc(F)c3n(Cc3ccc(F)cc3)c1=O)N2. The molecule has 196 valence electrons. The molecule has 13 heteroatoms. The van der Waals surface area contributed by atoms with Crippen molar-refractivity contribution in [1.29, 1.82) is 0 Å². The number of hydrogen-bond donors (Lipinski definition) is 3. The summed E-state index contributed by atoms with van der Waals surface area (Å²) in [5.41, 5.74) is -1.27. The molecule has 1 aliphatic heterocycles. The van der Waals surface area contributed by atoms with Gasteiger partial charge in [0.25, 0.3) is 5.56 Å². The Labute approximate surface area is 215 Å². The first kappa shape index (κ1) is 25.4. The fourth-order valence-corrected chi connectivity index (χ4v) is 6.16. The third-order valence-corrected chi connectivity index (χ3v) is 7.97. The van der Waals surface area contributed by atoms with Gasteiger partial charge < -0.3 is 15.0 Å². The number of hydrogen-bond acceptors (Lipinski definition) is 7. The third-order valence-electron chi connectivity index (χ3n) is 5.86. The normalized spacial score (nSPS) is 14.4. The smallest absolute Gasteiger partial charge is 0.264 e. The van der Waals surface area contributed by atoms with E-state index >= 15 is 0 Å². The second kappa shape index (κ2) is 8.96. The standard InChI is InChI=1S/C25H19F2N3O6S2/c1-37(33,34)29-16-9-10-19-21(11-16)38(35,36)13-20(28-19)22-24(31)17-3-2-4-18(27)23(17)30(25(22)32)12-14-5-7-15(26)8-6-14/h2-11,13,28-29,31H,12H2,1H3. The van der Waals surface area contributed by atoms with E-state index in [0.29, 0.717) is 5.56 Å². The maximum absolute atomic E-state index is 14.9. The quantitative estimate of drug-likeness (QED) is 0.340. The maximum atomic E-state index is 14.9. The number of rotatable bonds is 5. The molecule has 0 saturated heterocycles. The number of nitrogens with zero attached hydrogens (tertiary/aromatic N) is 1. The highest BCUT2D eigenvalue weighted by Gasteiger charge is 2.29. The van der Waals surface area contributed by atoms with E-state index < -0.39 is 48.4 Å². The Morgan fingerprint density at radius 3 is 2.45 bits per heavy atom. The van der Waals surface area contributed by atoms with Crippen LogP contribution in [0.25, 0.3) is 16.6 Å². The van der Waals surface area contributed by atoms with E-state index in [1.807, 2.05) is 0 Å². The van der Waals surface area contributed by atoms with Gasteiger partial charge in [0, 0.05) is 11.1 Å². The molecular weight excluding hydrogens is 540 g/mol. The Morgan fingerprint density at radius 2 is 1.76 bits per heavy atom. The van der Waals surface area contributed by atoms with Gasteiger partial charge in [-0.1, -0.05) is 18.2 Å². The van der Waals surface area contributed by atoms with Crippen LogP contribution in [0, 0.1) is 11.6 Å². The van der Waals surface area contributed by atoms with Crippen LogP contribution in [-0.2, 0) is 26.4 Å². The highest BCUT2D eigenvalue weighted by molar-refractivity contribution is 7.94. The number of anilines is 2. The lowest BCUT2D eigenvalue weighted by molar-refractivity contribution is 0.476. The Balaban J connectivity index is 1.70. The molecule has 3 aromatic carbocycles. The molecule has 1 aliphatic rings. The molecule has 5 rings (SSSR count). The van der Waals surface area contributed by atoms with Gasteiger partial charge in [-0.3, -0.25) is 9.52 Å². The van der Waals surface area contributed by atoms with Crippen LogP contribution in [0.5, 0.6) is 5.75 Å². The minimum Gasteiger partial charge on any atom is -0.506 e. The first-order chi connectivity index (χ1) is 17.8. The summed E-state index contributed by atoms with van der Waals surface area (Å²) in [6, 6.07) is 12.8. The molecule has 0 unspecified atom stereocenters. The third kappa shape index (κ3) is 4.61. The Kier molecular flexibility index (Phi) is 5.99. The molecule has 0 aliphatic carbocycles. The van der Waals surface area contributed by atoms with Crippen LogP contribution in [0.15, 0.2) is 75.8 Å². The van der Waals surface area contributed by atoms with E-state index in [2.05, 4.69) is 10.0 Å². The van der Waals surface area contributed by atoms with Gasteiger partial charge in [-0.05, 0) is 48.0 Å². The molecular formula is C25H19F2N3O6S2. The van der Waals surface area contributed by atoms with Gasteiger partial charge in [-0.25, -0.2) is 25.6 Å². The molecule has 0 bridgehead atoms. The molecule has 3 N–H and O–H groups in total. The fourth-order valence-electron chi connectivity index (χ4n) is 4.27. The average Bonchev–Trinajstić information content (AvgIpc) is 2.82. The van der Waals surface area contributed by atoms with Crippen LogP contribution in [0.1, 0.15) is 11.1 Å². The van der Waals surface area contributed by atoms with Crippen LogP contribution in [0.2, 0.25) is 0 Å². The molecule has 0 amide bonds. The lowest BCUT2D eigenvalue weighted by Gasteiger charge is -2.22. The topological polar surface area (TPSA) is 135 Å². The summed E-state index contributed by atoms with van der Waals surface area (Å²) < 4.78 is 81.0. The number of halogens is 2. The molecule has 2 heterocycles. The van der Waals surface area contributed by atoms with Gasteiger partial charge in [0.1, 0.15) is 22.9 Å². The number of benzene rings is 3. The summed E-state index contributed by atoms with van der Waals surface area (Å²) in [5, 5.41) is 14.5. The second-order valence-electron chi connectivity index (χ2n) is 8.66. The molecule has 9 nitrogen and oxygen atoms in total. The number of para-hydroxylation sites is 1. The van der Waals surface area contributed by atoms with Crippen molar-refractivity contribution < 1.29 is 30.7 Å². The maximum Gasteiger partial charge on any atom is 0.264 e. The van der Waals surface area contributed by atoms with Crippen LogP contribution in [0.4, 0.5) is 20.2 Å². The van der Waals surface area contributed by atoms with E-state index in [0.717, 1.165) is 28.4 Å². The van der Waals surface area contributed by atoms with Crippen LogP contribution in [0.3, 0.4) is 0 Å². The largest absolute Gasteiger partial charge is 0.506 e. The van der Waals surface area contributed by atoms with Crippen molar-refractivity contribution >= 4 is 47.8 Å². The number of sulfone groups is 1. The van der Waals surface area contributed by atoms with Gasteiger partial charge in [-0.15, -0.1) is 0 Å². The van der Waals surface area contributed by atoms with Crippen LogP contribution >= 0.6 is 0 Å². The zero-order valence-corrected chi connectivity index (χ0v) is 21.2. The Bertz CT molecular complexity index is 1930. The van der Waals surface area contributed by atoms with Gasteiger partial charge >= 0.3 is 0 Å². The van der Waals surface area contributed by atoms with Crippen LogP contribution in [-0.4, -0.2) is 32.8 Å². The number of aromatic hydroxyl groups is 1. The molecule has 0 atom stereocenters. The molecule has 38 heavy (non-hydrogen) atoms. The Morgan fingerprint density at radius 1 is 1.05 bits per heavy atom. The summed E-state index contributed by atoms with van der Waals surface area (Å²) in [5.74, 6) is -1.93. The van der Waals surface area contributed by atoms with Gasteiger partial charge in [0.15, 0.2) is 0 Å². The predicted octanol–water partition coefficient (Wildman–Crippen LogP) is 3.60. The summed E-state index contributed by atoms with van der Waals surface area (Å²) in [6.45, 7) is -0.193. The van der Waals surface area contributed by atoms with Crippen molar-refractivity contribution in [2.45, 2.75) is 11.4 Å².